The summed E-state index contributed by atoms with van der Waals surface area (Å²) in [5, 5.41) is 67.0. The van der Waals surface area contributed by atoms with Crippen molar-refractivity contribution in [2.45, 2.75) is 91.6 Å². The van der Waals surface area contributed by atoms with Crippen molar-refractivity contribution in [2.75, 3.05) is 13.2 Å². The van der Waals surface area contributed by atoms with Crippen LogP contribution in [0.25, 0.3) is 0 Å². The normalized spacial score (nSPS) is 43.0. The van der Waals surface area contributed by atoms with Gasteiger partial charge in [-0.15, -0.1) is 0 Å². The van der Waals surface area contributed by atoms with Gasteiger partial charge >= 0.3 is 0 Å². The van der Waals surface area contributed by atoms with Gasteiger partial charge in [0.25, 0.3) is 0 Å². The van der Waals surface area contributed by atoms with E-state index in [0.29, 0.717) is 0 Å². The van der Waals surface area contributed by atoms with E-state index < -0.39 is 55.6 Å². The zero-order chi connectivity index (χ0) is 23.6. The predicted molar refractivity (Wildman–Crippen MR) is 109 cm³/mol. The van der Waals surface area contributed by atoms with Gasteiger partial charge in [0.05, 0.1) is 31.5 Å². The first-order valence-corrected chi connectivity index (χ1v) is 10.5. The average molecular weight is 439 g/mol. The van der Waals surface area contributed by atoms with Crippen molar-refractivity contribution in [3.05, 3.63) is 0 Å². The van der Waals surface area contributed by atoms with E-state index >= 15 is 0 Å². The molecule has 2 aliphatic rings. The molecule has 2 rings (SSSR count). The Hall–Kier alpha value is -0.360. The Morgan fingerprint density at radius 1 is 0.600 bits per heavy atom. The van der Waals surface area contributed by atoms with Crippen LogP contribution < -0.4 is 0 Å². The monoisotopic (exact) mass is 438 g/mol. The molecule has 2 saturated heterocycles. The van der Waals surface area contributed by atoms with E-state index in [9.17, 15) is 25.5 Å². The van der Waals surface area contributed by atoms with Gasteiger partial charge in [0.2, 0.25) is 0 Å². The van der Waals surface area contributed by atoms with Crippen LogP contribution in [-0.4, -0.2) is 92.1 Å². The predicted octanol–water partition coefficient (Wildman–Crippen LogP) is -0.565. The number of ether oxygens (including phenoxy) is 2. The zero-order valence-corrected chi connectivity index (χ0v) is 19.1. The quantitative estimate of drug-likeness (QED) is 0.300. The van der Waals surface area contributed by atoms with E-state index in [2.05, 4.69) is 0 Å². The molecule has 10 atom stereocenters. The number of aliphatic hydroxyl groups is 7. The minimum atomic E-state index is -1.17. The maximum absolute atomic E-state index is 10.1. The highest BCUT2D eigenvalue weighted by atomic mass is 16.6. The minimum Gasteiger partial charge on any atom is -0.394 e. The van der Waals surface area contributed by atoms with Crippen LogP contribution in [-0.2, 0) is 9.47 Å². The topological polar surface area (TPSA) is 160 Å². The van der Waals surface area contributed by atoms with Crippen molar-refractivity contribution in [1.82, 2.24) is 0 Å². The molecule has 30 heavy (non-hydrogen) atoms. The molecule has 0 saturated carbocycles. The van der Waals surface area contributed by atoms with E-state index in [0.717, 1.165) is 0 Å². The zero-order valence-electron chi connectivity index (χ0n) is 19.1. The summed E-state index contributed by atoms with van der Waals surface area (Å²) in [6.07, 6.45) is -6.48. The molecule has 2 fully saturated rings. The van der Waals surface area contributed by atoms with Gasteiger partial charge in [-0.2, -0.15) is 0 Å². The Balaban J connectivity index is 0.000000300. The third-order valence-electron chi connectivity index (χ3n) is 6.19. The summed E-state index contributed by atoms with van der Waals surface area (Å²) in [5.41, 5.74) is -0.617. The molecule has 0 bridgehead atoms. The van der Waals surface area contributed by atoms with Gasteiger partial charge in [-0.1, -0.05) is 48.5 Å². The smallest absolute Gasteiger partial charge is 0.161 e. The lowest BCUT2D eigenvalue weighted by Crippen LogP contribution is -2.58. The molecule has 180 valence electrons. The molecule has 9 heteroatoms. The van der Waals surface area contributed by atoms with Crippen molar-refractivity contribution in [3.63, 3.8) is 0 Å². The summed E-state index contributed by atoms with van der Waals surface area (Å²) >= 11 is 0. The minimum absolute atomic E-state index is 0.164. The lowest BCUT2D eigenvalue weighted by atomic mass is 9.71. The first kappa shape index (κ1) is 27.7. The summed E-state index contributed by atoms with van der Waals surface area (Å²) < 4.78 is 10.4. The third kappa shape index (κ3) is 6.34. The second kappa shape index (κ2) is 10.5. The van der Waals surface area contributed by atoms with Crippen molar-refractivity contribution in [2.24, 2.45) is 28.6 Å². The number of aliphatic hydroxyl groups excluding tert-OH is 7. The fourth-order valence-electron chi connectivity index (χ4n) is 4.29. The van der Waals surface area contributed by atoms with Crippen LogP contribution in [0.3, 0.4) is 0 Å². The van der Waals surface area contributed by atoms with Crippen LogP contribution in [0.2, 0.25) is 0 Å². The summed E-state index contributed by atoms with van der Waals surface area (Å²) in [4.78, 5) is 0. The maximum Gasteiger partial charge on any atom is 0.161 e. The van der Waals surface area contributed by atoms with E-state index in [-0.39, 0.29) is 29.3 Å². The molecule has 0 aromatic heterocycles. The highest BCUT2D eigenvalue weighted by Gasteiger charge is 2.48. The maximum atomic E-state index is 10.1. The third-order valence-corrected chi connectivity index (χ3v) is 6.19. The number of hydrogen-bond acceptors (Lipinski definition) is 9. The molecule has 0 aliphatic carbocycles. The lowest BCUT2D eigenvalue weighted by molar-refractivity contribution is -0.286. The van der Waals surface area contributed by atoms with Gasteiger partial charge in [-0.3, -0.25) is 0 Å². The van der Waals surface area contributed by atoms with Gasteiger partial charge in [-0.25, -0.2) is 0 Å². The van der Waals surface area contributed by atoms with Gasteiger partial charge in [-0.05, 0) is 10.8 Å². The Morgan fingerprint density at radius 2 is 0.967 bits per heavy atom. The Labute approximate surface area is 179 Å². The molecule has 4 unspecified atom stereocenters. The molecule has 0 aromatic rings. The standard InChI is InChI=1S/C11H22O4.C10H20O5/c1-6-7(5-12)15-10(14)8(9(6)13)11(2,3)4;1-10(2,3)6-8(13)7(12)5(4-11)15-9(6)14/h6-10,12-14H,5H2,1-4H3;5-9,11-14H,4H2,1-3H3/t6-,7?,8+,9?,10-;5?,6-,7-,8?,9+/m01/s1. The summed E-state index contributed by atoms with van der Waals surface area (Å²) in [6.45, 7) is 12.6. The molecule has 2 heterocycles. The highest BCUT2D eigenvalue weighted by molar-refractivity contribution is 4.93. The molecular weight excluding hydrogens is 396 g/mol. The van der Waals surface area contributed by atoms with Crippen molar-refractivity contribution >= 4 is 0 Å². The molecule has 0 aromatic carbocycles. The molecule has 0 spiro atoms. The van der Waals surface area contributed by atoms with Gasteiger partial charge in [0.1, 0.15) is 12.2 Å². The summed E-state index contributed by atoms with van der Waals surface area (Å²) in [5.74, 6) is -1.06. The average Bonchev–Trinajstić information content (AvgIpc) is 2.59. The first-order valence-electron chi connectivity index (χ1n) is 10.5. The molecular formula is C21H42O9. The molecule has 0 radical (unpaired) electrons. The van der Waals surface area contributed by atoms with Crippen molar-refractivity contribution in [3.8, 4) is 0 Å². The molecule has 2 aliphatic heterocycles. The van der Waals surface area contributed by atoms with E-state index in [1.54, 1.807) is 0 Å². The van der Waals surface area contributed by atoms with E-state index in [1.807, 2.05) is 48.5 Å². The van der Waals surface area contributed by atoms with Gasteiger partial charge in [0, 0.05) is 17.8 Å². The molecule has 7 N–H and O–H groups in total. The second-order valence-corrected chi connectivity index (χ2v) is 10.6. The van der Waals surface area contributed by atoms with Crippen LogP contribution >= 0.6 is 0 Å². The fraction of sp³-hybridized carbons (Fsp3) is 1.00. The van der Waals surface area contributed by atoms with E-state index in [4.69, 9.17) is 19.7 Å². The number of hydrogen-bond donors (Lipinski definition) is 7. The Kier molecular flexibility index (Phi) is 9.69. The van der Waals surface area contributed by atoms with Gasteiger partial charge < -0.3 is 45.2 Å². The SMILES string of the molecule is CC(C)(C)[C@@H]1C(O)[C@H](O)C(CO)O[C@@H]1O.C[C@H]1C(CO)O[C@H](O)[C@H](C(C)(C)C)C1O. The van der Waals surface area contributed by atoms with E-state index in [1.165, 1.54) is 0 Å². The highest BCUT2D eigenvalue weighted by Crippen LogP contribution is 2.40. The largest absolute Gasteiger partial charge is 0.394 e. The van der Waals surface area contributed by atoms with Gasteiger partial charge in [0.15, 0.2) is 12.6 Å². The van der Waals surface area contributed by atoms with Crippen LogP contribution in [0, 0.1) is 28.6 Å². The molecule has 0 amide bonds. The summed E-state index contributed by atoms with van der Waals surface area (Å²) in [7, 11) is 0. The summed E-state index contributed by atoms with van der Waals surface area (Å²) in [6, 6.07) is 0. The van der Waals surface area contributed by atoms with Crippen molar-refractivity contribution in [1.29, 1.82) is 0 Å². The second-order valence-electron chi connectivity index (χ2n) is 10.6. The Morgan fingerprint density at radius 3 is 1.33 bits per heavy atom. The first-order chi connectivity index (χ1) is 13.6. The molecule has 9 nitrogen and oxygen atoms in total. The van der Waals surface area contributed by atoms with Crippen LogP contribution in [0.4, 0.5) is 0 Å². The van der Waals surface area contributed by atoms with Crippen LogP contribution in [0.15, 0.2) is 0 Å². The number of rotatable bonds is 2. The Bertz CT molecular complexity index is 470. The van der Waals surface area contributed by atoms with Crippen molar-refractivity contribution < 1.29 is 45.2 Å². The van der Waals surface area contributed by atoms with Crippen LogP contribution in [0.5, 0.6) is 0 Å². The fourth-order valence-corrected chi connectivity index (χ4v) is 4.29. The lowest BCUT2D eigenvalue weighted by Gasteiger charge is -2.46. The van der Waals surface area contributed by atoms with Crippen LogP contribution in [0.1, 0.15) is 48.5 Å².